The molecule has 11 heteroatoms. The summed E-state index contributed by atoms with van der Waals surface area (Å²) in [6, 6.07) is 17.0. The largest absolute Gasteiger partial charge is 0.507 e. The molecule has 11 nitrogen and oxygen atoms in total. The zero-order chi connectivity index (χ0) is 32.7. The van der Waals surface area contributed by atoms with Gasteiger partial charge in [-0.3, -0.25) is 19.2 Å². The van der Waals surface area contributed by atoms with Gasteiger partial charge in [-0.2, -0.15) is 0 Å². The number of hydrogen-bond acceptors (Lipinski definition) is 8. The van der Waals surface area contributed by atoms with Gasteiger partial charge in [-0.25, -0.2) is 14.6 Å². The van der Waals surface area contributed by atoms with Crippen LogP contribution in [0.5, 0.6) is 17.2 Å². The minimum atomic E-state index is -1.35. The quantitative estimate of drug-likeness (QED) is 0.279. The summed E-state index contributed by atoms with van der Waals surface area (Å²) >= 11 is 0. The molecule has 3 N–H and O–H groups in total. The number of ether oxygens (including phenoxy) is 1. The zero-order valence-electron chi connectivity index (χ0n) is 24.9. The van der Waals surface area contributed by atoms with Crippen molar-refractivity contribution >= 4 is 41.0 Å². The third-order valence-electron chi connectivity index (χ3n) is 10.3. The Morgan fingerprint density at radius 3 is 2.24 bits per heavy atom. The molecule has 4 amide bonds. The second kappa shape index (κ2) is 10.3. The van der Waals surface area contributed by atoms with Crippen LogP contribution in [0.1, 0.15) is 41.6 Å². The van der Waals surface area contributed by atoms with Crippen LogP contribution in [0.15, 0.2) is 78.4 Å². The van der Waals surface area contributed by atoms with Crippen molar-refractivity contribution in [2.24, 2.45) is 29.1 Å². The van der Waals surface area contributed by atoms with E-state index in [0.717, 1.165) is 22.6 Å². The number of anilines is 2. The molecule has 3 aromatic rings. The predicted molar refractivity (Wildman–Crippen MR) is 163 cm³/mol. The van der Waals surface area contributed by atoms with Gasteiger partial charge in [-0.1, -0.05) is 35.9 Å². The minimum absolute atomic E-state index is 0.0492. The third-order valence-corrected chi connectivity index (χ3v) is 10.3. The van der Waals surface area contributed by atoms with Gasteiger partial charge in [0.15, 0.2) is 11.5 Å². The number of aromatic carboxylic acids is 1. The van der Waals surface area contributed by atoms with E-state index in [4.69, 9.17) is 4.74 Å². The van der Waals surface area contributed by atoms with E-state index in [1.807, 2.05) is 6.08 Å². The van der Waals surface area contributed by atoms with Crippen molar-refractivity contribution in [3.63, 3.8) is 0 Å². The average Bonchev–Trinajstić information content (AvgIpc) is 3.40. The number of nitrogens with zero attached hydrogens (tertiary/aromatic N) is 2. The number of carbonyl (C=O) groups excluding carboxylic acids is 4. The van der Waals surface area contributed by atoms with Crippen LogP contribution in [0, 0.1) is 29.1 Å². The lowest BCUT2D eigenvalue weighted by Crippen LogP contribution is -2.48. The number of phenols is 2. The number of amides is 4. The lowest BCUT2D eigenvalue weighted by molar-refractivity contribution is -0.131. The summed E-state index contributed by atoms with van der Waals surface area (Å²) < 4.78 is 5.25. The van der Waals surface area contributed by atoms with Crippen LogP contribution in [-0.2, 0) is 19.2 Å². The van der Waals surface area contributed by atoms with Crippen molar-refractivity contribution < 1.29 is 44.0 Å². The number of imide groups is 2. The summed E-state index contributed by atoms with van der Waals surface area (Å²) in [5.41, 5.74) is 0.156. The number of carboxylic acids is 1. The number of rotatable bonds is 5. The van der Waals surface area contributed by atoms with Gasteiger partial charge in [0.2, 0.25) is 23.6 Å². The number of fused-ring (bicyclic) bond motifs is 4. The van der Waals surface area contributed by atoms with Crippen LogP contribution in [-0.4, -0.2) is 52.0 Å². The molecule has 2 saturated heterocycles. The first-order valence-corrected chi connectivity index (χ1v) is 14.9. The number of carbonyl (C=O) groups is 5. The molecule has 4 aliphatic rings. The highest BCUT2D eigenvalue weighted by atomic mass is 16.5. The molecule has 0 bridgehead atoms. The van der Waals surface area contributed by atoms with Crippen LogP contribution in [0.25, 0.3) is 0 Å². The van der Waals surface area contributed by atoms with Crippen molar-refractivity contribution in [3.05, 3.63) is 89.5 Å². The van der Waals surface area contributed by atoms with E-state index in [1.165, 1.54) is 24.1 Å². The lowest BCUT2D eigenvalue weighted by Gasteiger charge is -2.49. The Kier molecular flexibility index (Phi) is 6.55. The van der Waals surface area contributed by atoms with Crippen molar-refractivity contribution in [1.82, 2.24) is 0 Å². The van der Waals surface area contributed by atoms with Gasteiger partial charge in [0.25, 0.3) is 0 Å². The Morgan fingerprint density at radius 1 is 0.848 bits per heavy atom. The molecule has 0 unspecified atom stereocenters. The van der Waals surface area contributed by atoms with E-state index in [2.05, 4.69) is 0 Å². The Balaban J connectivity index is 1.35. The first kappa shape index (κ1) is 29.3. The normalized spacial score (nSPS) is 28.5. The molecular weight excluding hydrogens is 592 g/mol. The SMILES string of the molecule is COc1ccc([C@H]2C3=CC[C@@H]4C(=O)N(c5ccc(C(=O)O)c(O)c5)C(=O)[C@@H]4[C@@H]3C[C@H]3C(=O)N(c4ccccc4)C(=O)[C@@]23C)cc1O. The number of benzene rings is 3. The predicted octanol–water partition coefficient (Wildman–Crippen LogP) is 4.24. The van der Waals surface area contributed by atoms with E-state index < -0.39 is 64.4 Å². The van der Waals surface area contributed by atoms with Gasteiger partial charge in [-0.05, 0) is 67.6 Å². The highest BCUT2D eigenvalue weighted by Crippen LogP contribution is 2.64. The zero-order valence-corrected chi connectivity index (χ0v) is 24.9. The van der Waals surface area contributed by atoms with Crippen LogP contribution < -0.4 is 14.5 Å². The molecule has 2 heterocycles. The van der Waals surface area contributed by atoms with Gasteiger partial charge in [0.05, 0.1) is 41.7 Å². The van der Waals surface area contributed by atoms with Crippen molar-refractivity contribution in [3.8, 4) is 17.2 Å². The number of hydrogen-bond donors (Lipinski definition) is 3. The van der Waals surface area contributed by atoms with Gasteiger partial charge >= 0.3 is 5.97 Å². The second-order valence-corrected chi connectivity index (χ2v) is 12.4. The fourth-order valence-corrected chi connectivity index (χ4v) is 8.20. The topological polar surface area (TPSA) is 162 Å². The van der Waals surface area contributed by atoms with Crippen LogP contribution in [0.2, 0.25) is 0 Å². The summed E-state index contributed by atoms with van der Waals surface area (Å²) in [5.74, 6) is -7.40. The highest BCUT2D eigenvalue weighted by molar-refractivity contribution is 6.25. The molecule has 3 aromatic carbocycles. The molecule has 0 spiro atoms. The first-order chi connectivity index (χ1) is 22.0. The van der Waals surface area contributed by atoms with E-state index >= 15 is 0 Å². The Bertz CT molecular complexity index is 1890. The average molecular weight is 623 g/mol. The monoisotopic (exact) mass is 622 g/mol. The molecule has 3 fully saturated rings. The van der Waals surface area contributed by atoms with E-state index in [9.17, 15) is 39.3 Å². The molecule has 1 saturated carbocycles. The number of methoxy groups -OCH3 is 1. The van der Waals surface area contributed by atoms with Gasteiger partial charge < -0.3 is 20.1 Å². The molecule has 7 rings (SSSR count). The molecule has 234 valence electrons. The maximum absolute atomic E-state index is 14.4. The highest BCUT2D eigenvalue weighted by Gasteiger charge is 2.67. The third kappa shape index (κ3) is 3.93. The second-order valence-electron chi connectivity index (χ2n) is 12.4. The van der Waals surface area contributed by atoms with E-state index in [-0.39, 0.29) is 41.5 Å². The smallest absolute Gasteiger partial charge is 0.339 e. The summed E-state index contributed by atoms with van der Waals surface area (Å²) in [6.45, 7) is 1.76. The number of carboxylic acid groups (broad SMARTS) is 1. The van der Waals surface area contributed by atoms with Crippen molar-refractivity contribution in [2.45, 2.75) is 25.7 Å². The van der Waals surface area contributed by atoms with Crippen LogP contribution in [0.4, 0.5) is 11.4 Å². The molecule has 2 aliphatic carbocycles. The standard InChI is InChI=1S/C35H30N2O9/c1-35-24(31(41)37(34(35)45)18-6-4-3-5-7-18)16-23-20(29(35)17-8-13-27(46-2)26(39)14-17)11-12-22-28(23)32(42)36(30(22)40)19-9-10-21(33(43)44)25(38)15-19/h3-11,13-15,22-24,28-29,38-39H,12,16H2,1-2H3,(H,43,44)/t22-,23+,24-,28-,29-,35+/m0/s1. The maximum Gasteiger partial charge on any atom is 0.339 e. The fourth-order valence-electron chi connectivity index (χ4n) is 8.20. The fraction of sp³-hybridized carbons (Fsp3) is 0.286. The number of phenolic OH excluding ortho intramolecular Hbond substituents is 1. The van der Waals surface area contributed by atoms with Crippen LogP contribution in [0.3, 0.4) is 0 Å². The van der Waals surface area contributed by atoms with Crippen molar-refractivity contribution in [1.29, 1.82) is 0 Å². The molecule has 0 aromatic heterocycles. The molecule has 46 heavy (non-hydrogen) atoms. The van der Waals surface area contributed by atoms with Gasteiger partial charge in [0.1, 0.15) is 11.3 Å². The van der Waals surface area contributed by atoms with E-state index in [0.29, 0.717) is 11.3 Å². The minimum Gasteiger partial charge on any atom is -0.507 e. The van der Waals surface area contributed by atoms with Gasteiger partial charge in [-0.15, -0.1) is 0 Å². The molecular formula is C35H30N2O9. The Labute approximate surface area is 263 Å². The van der Waals surface area contributed by atoms with Gasteiger partial charge in [0, 0.05) is 12.0 Å². The summed E-state index contributed by atoms with van der Waals surface area (Å²) in [7, 11) is 1.42. The maximum atomic E-state index is 14.4. The number of aromatic hydroxyl groups is 2. The number of allylic oxidation sites excluding steroid dienone is 2. The summed E-state index contributed by atoms with van der Waals surface area (Å²) in [4.78, 5) is 70.2. The Morgan fingerprint density at radius 2 is 1.59 bits per heavy atom. The van der Waals surface area contributed by atoms with E-state index in [1.54, 1.807) is 49.4 Å². The molecule has 0 radical (unpaired) electrons. The van der Waals surface area contributed by atoms with Crippen LogP contribution >= 0.6 is 0 Å². The Hall–Kier alpha value is -5.45. The lowest BCUT2D eigenvalue weighted by atomic mass is 9.51. The number of para-hydroxylation sites is 1. The molecule has 6 atom stereocenters. The van der Waals surface area contributed by atoms with Crippen molar-refractivity contribution in [2.75, 3.05) is 16.9 Å². The molecule has 2 aliphatic heterocycles. The summed E-state index contributed by atoms with van der Waals surface area (Å²) in [5, 5.41) is 30.4. The first-order valence-electron chi connectivity index (χ1n) is 14.9. The summed E-state index contributed by atoms with van der Waals surface area (Å²) in [6.07, 6.45) is 2.23.